The molecule has 1 aromatic carbocycles. The third-order valence-electron chi connectivity index (χ3n) is 3.83. The van der Waals surface area contributed by atoms with Gasteiger partial charge in [-0.05, 0) is 25.0 Å². The molecule has 2 aromatic rings. The molecule has 0 aliphatic carbocycles. The van der Waals surface area contributed by atoms with E-state index < -0.39 is 0 Å². The van der Waals surface area contributed by atoms with Crippen LogP contribution in [0.3, 0.4) is 0 Å². The Morgan fingerprint density at radius 3 is 2.83 bits per heavy atom. The van der Waals surface area contributed by atoms with E-state index in [1.807, 2.05) is 25.1 Å². The van der Waals surface area contributed by atoms with Gasteiger partial charge in [0.15, 0.2) is 11.5 Å². The molecule has 0 N–H and O–H groups in total. The molecule has 0 saturated heterocycles. The highest BCUT2D eigenvalue weighted by molar-refractivity contribution is 5.73. The summed E-state index contributed by atoms with van der Waals surface area (Å²) in [5.74, 6) is 1.58. The van der Waals surface area contributed by atoms with Gasteiger partial charge in [-0.15, -0.1) is 0 Å². The Balaban J connectivity index is 1.83. The van der Waals surface area contributed by atoms with Crippen LogP contribution in [0.15, 0.2) is 42.7 Å². The minimum absolute atomic E-state index is 0.374. The molecule has 0 spiro atoms. The summed E-state index contributed by atoms with van der Waals surface area (Å²) in [4.78, 5) is 10.5. The maximum absolute atomic E-state index is 9.16. The van der Waals surface area contributed by atoms with Gasteiger partial charge in [0, 0.05) is 31.0 Å². The Labute approximate surface area is 135 Å². The van der Waals surface area contributed by atoms with Gasteiger partial charge in [-0.2, -0.15) is 5.26 Å². The van der Waals surface area contributed by atoms with E-state index in [1.54, 1.807) is 12.4 Å². The molecule has 0 unspecified atom stereocenters. The summed E-state index contributed by atoms with van der Waals surface area (Å²) in [6.45, 7) is 4.16. The fraction of sp³-hybridized carbons (Fsp3) is 0.278. The topological polar surface area (TPSA) is 62.0 Å². The number of ether oxygens (including phenoxy) is 1. The first-order valence-corrected chi connectivity index (χ1v) is 7.70. The second-order valence-corrected chi connectivity index (χ2v) is 5.19. The molecule has 0 radical (unpaired) electrons. The lowest BCUT2D eigenvalue weighted by Gasteiger charge is -2.28. The fourth-order valence-corrected chi connectivity index (χ4v) is 2.76. The number of nitrogens with zero attached hydrogens (tertiary/aromatic N) is 4. The molecule has 116 valence electrons. The SMILES string of the molecule is CCOc1ccccc1C1=CCN(c2nccnc2C#N)CC1. The number of hydrogen-bond donors (Lipinski definition) is 0. The Bertz CT molecular complexity index is 764. The van der Waals surface area contributed by atoms with Crippen molar-refractivity contribution in [3.63, 3.8) is 0 Å². The lowest BCUT2D eigenvalue weighted by Crippen LogP contribution is -2.30. The number of para-hydroxylation sites is 1. The predicted octanol–water partition coefficient (Wildman–Crippen LogP) is 3.04. The Kier molecular flexibility index (Phi) is 4.53. The van der Waals surface area contributed by atoms with Crippen molar-refractivity contribution >= 4 is 11.4 Å². The van der Waals surface area contributed by atoms with E-state index in [4.69, 9.17) is 10.00 Å². The van der Waals surface area contributed by atoms with Crippen molar-refractivity contribution in [1.82, 2.24) is 9.97 Å². The van der Waals surface area contributed by atoms with Crippen LogP contribution in [0, 0.1) is 11.3 Å². The third kappa shape index (κ3) is 3.16. The third-order valence-corrected chi connectivity index (χ3v) is 3.83. The first kappa shape index (κ1) is 15.0. The van der Waals surface area contributed by atoms with E-state index in [0.29, 0.717) is 24.7 Å². The highest BCUT2D eigenvalue weighted by Gasteiger charge is 2.19. The number of nitriles is 1. The summed E-state index contributed by atoms with van der Waals surface area (Å²) in [5.41, 5.74) is 2.79. The normalized spacial score (nSPS) is 14.1. The average molecular weight is 306 g/mol. The highest BCUT2D eigenvalue weighted by Crippen LogP contribution is 2.31. The van der Waals surface area contributed by atoms with Gasteiger partial charge in [0.25, 0.3) is 0 Å². The van der Waals surface area contributed by atoms with Crippen LogP contribution in [0.1, 0.15) is 24.6 Å². The van der Waals surface area contributed by atoms with Gasteiger partial charge < -0.3 is 9.64 Å². The van der Waals surface area contributed by atoms with Crippen LogP contribution in [0.5, 0.6) is 5.75 Å². The van der Waals surface area contributed by atoms with E-state index in [-0.39, 0.29) is 0 Å². The van der Waals surface area contributed by atoms with Crippen LogP contribution >= 0.6 is 0 Å². The second kappa shape index (κ2) is 6.93. The summed E-state index contributed by atoms with van der Waals surface area (Å²) >= 11 is 0. The van der Waals surface area contributed by atoms with Gasteiger partial charge in [-0.3, -0.25) is 0 Å². The number of rotatable bonds is 4. The minimum Gasteiger partial charge on any atom is -0.493 e. The molecule has 0 amide bonds. The zero-order chi connectivity index (χ0) is 16.1. The molecule has 2 heterocycles. The molecule has 3 rings (SSSR count). The van der Waals surface area contributed by atoms with Crippen molar-refractivity contribution < 1.29 is 4.74 Å². The van der Waals surface area contributed by atoms with Crippen LogP contribution < -0.4 is 9.64 Å². The number of aromatic nitrogens is 2. The van der Waals surface area contributed by atoms with Gasteiger partial charge in [0.05, 0.1) is 6.61 Å². The zero-order valence-corrected chi connectivity index (χ0v) is 13.1. The lowest BCUT2D eigenvalue weighted by atomic mass is 9.98. The van der Waals surface area contributed by atoms with Crippen LogP contribution in [0.25, 0.3) is 5.57 Å². The van der Waals surface area contributed by atoms with Crippen LogP contribution in [-0.4, -0.2) is 29.7 Å². The predicted molar refractivity (Wildman–Crippen MR) is 89.2 cm³/mol. The molecule has 0 bridgehead atoms. The molecule has 5 nitrogen and oxygen atoms in total. The van der Waals surface area contributed by atoms with E-state index in [1.165, 1.54) is 5.57 Å². The molecular formula is C18H18N4O. The van der Waals surface area contributed by atoms with Crippen LogP contribution in [-0.2, 0) is 0 Å². The molecule has 0 fully saturated rings. The van der Waals surface area contributed by atoms with E-state index in [9.17, 15) is 0 Å². The van der Waals surface area contributed by atoms with Crippen LogP contribution in [0.2, 0.25) is 0 Å². The van der Waals surface area contributed by atoms with Gasteiger partial charge >= 0.3 is 0 Å². The smallest absolute Gasteiger partial charge is 0.183 e. The minimum atomic E-state index is 0.374. The van der Waals surface area contributed by atoms with Crippen molar-refractivity contribution in [2.24, 2.45) is 0 Å². The van der Waals surface area contributed by atoms with E-state index in [2.05, 4.69) is 33.1 Å². The van der Waals surface area contributed by atoms with Gasteiger partial charge in [0.2, 0.25) is 0 Å². The van der Waals surface area contributed by atoms with Gasteiger partial charge in [-0.25, -0.2) is 9.97 Å². The van der Waals surface area contributed by atoms with Crippen molar-refractivity contribution in [1.29, 1.82) is 5.26 Å². The van der Waals surface area contributed by atoms with Crippen molar-refractivity contribution in [3.05, 3.63) is 54.0 Å². The maximum Gasteiger partial charge on any atom is 0.183 e. The standard InChI is InChI=1S/C18H18N4O/c1-2-23-17-6-4-3-5-15(17)14-7-11-22(12-8-14)18-16(13-19)20-9-10-21-18/h3-7,9-10H,2,8,11-12H2,1H3. The van der Waals surface area contributed by atoms with Gasteiger partial charge in [0.1, 0.15) is 11.8 Å². The van der Waals surface area contributed by atoms with Crippen LogP contribution in [0.4, 0.5) is 5.82 Å². The van der Waals surface area contributed by atoms with E-state index >= 15 is 0 Å². The number of hydrogen-bond acceptors (Lipinski definition) is 5. The molecule has 0 atom stereocenters. The number of anilines is 1. The maximum atomic E-state index is 9.16. The summed E-state index contributed by atoms with van der Waals surface area (Å²) in [7, 11) is 0. The van der Waals surface area contributed by atoms with Crippen molar-refractivity contribution in [3.8, 4) is 11.8 Å². The van der Waals surface area contributed by atoms with Crippen molar-refractivity contribution in [2.45, 2.75) is 13.3 Å². The lowest BCUT2D eigenvalue weighted by molar-refractivity contribution is 0.339. The van der Waals surface area contributed by atoms with Gasteiger partial charge in [-0.1, -0.05) is 24.3 Å². The number of benzene rings is 1. The highest BCUT2D eigenvalue weighted by atomic mass is 16.5. The zero-order valence-electron chi connectivity index (χ0n) is 13.1. The van der Waals surface area contributed by atoms with E-state index in [0.717, 1.165) is 24.3 Å². The Morgan fingerprint density at radius 1 is 1.26 bits per heavy atom. The molecule has 1 aromatic heterocycles. The first-order valence-electron chi connectivity index (χ1n) is 7.70. The monoisotopic (exact) mass is 306 g/mol. The molecule has 5 heteroatoms. The molecule has 1 aliphatic rings. The average Bonchev–Trinajstić information content (AvgIpc) is 2.63. The molecular weight excluding hydrogens is 288 g/mol. The Morgan fingerprint density at radius 2 is 2.09 bits per heavy atom. The summed E-state index contributed by atoms with van der Waals surface area (Å²) in [6.07, 6.45) is 6.23. The second-order valence-electron chi connectivity index (χ2n) is 5.19. The summed E-state index contributed by atoms with van der Waals surface area (Å²) in [6, 6.07) is 10.2. The molecule has 0 saturated carbocycles. The largest absolute Gasteiger partial charge is 0.493 e. The summed E-state index contributed by atoms with van der Waals surface area (Å²) in [5, 5.41) is 9.16. The quantitative estimate of drug-likeness (QED) is 0.869. The molecule has 1 aliphatic heterocycles. The van der Waals surface area contributed by atoms with Crippen molar-refractivity contribution in [2.75, 3.05) is 24.6 Å². The Hall–Kier alpha value is -2.87. The fourth-order valence-electron chi connectivity index (χ4n) is 2.76. The summed E-state index contributed by atoms with van der Waals surface area (Å²) < 4.78 is 5.72. The molecule has 23 heavy (non-hydrogen) atoms. The first-order chi connectivity index (χ1) is 11.3.